The molecule has 3 nitrogen and oxygen atoms in total. The molecule has 2 aromatic carbocycles. The molecule has 0 amide bonds. The Morgan fingerprint density at radius 1 is 1.07 bits per heavy atom. The number of fused-ring (bicyclic) bond motifs is 3. The van der Waals surface area contributed by atoms with Crippen LogP contribution in [0.4, 0.5) is 4.39 Å². The van der Waals surface area contributed by atoms with E-state index in [1.54, 1.807) is 11.3 Å². The Morgan fingerprint density at radius 2 is 1.74 bits per heavy atom. The predicted octanol–water partition coefficient (Wildman–Crippen LogP) is 4.27. The van der Waals surface area contributed by atoms with Gasteiger partial charge in [0.1, 0.15) is 17.2 Å². The molecule has 5 rings (SSSR count). The summed E-state index contributed by atoms with van der Waals surface area (Å²) >= 11 is 7.80. The third kappa shape index (κ3) is 2.39. The zero-order valence-electron chi connectivity index (χ0n) is 14.3. The molecule has 1 N–H and O–H groups in total. The number of nitrogens with zero attached hydrogens (tertiary/aromatic N) is 2. The lowest BCUT2D eigenvalue weighted by molar-refractivity contribution is 0.115. The molecule has 0 aliphatic carbocycles. The molecule has 3 heterocycles. The van der Waals surface area contributed by atoms with Crippen molar-refractivity contribution in [2.24, 2.45) is 4.99 Å². The van der Waals surface area contributed by atoms with Gasteiger partial charge in [-0.05, 0) is 46.8 Å². The summed E-state index contributed by atoms with van der Waals surface area (Å²) in [5.74, 6) is 0.609. The average Bonchev–Trinajstić information content (AvgIpc) is 3.24. The molecule has 136 valence electrons. The number of benzene rings is 2. The van der Waals surface area contributed by atoms with Crippen molar-refractivity contribution in [3.8, 4) is 0 Å². The number of aliphatic hydroxyl groups is 1. The third-order valence-corrected chi connectivity index (χ3v) is 6.54. The minimum absolute atomic E-state index is 0.276. The van der Waals surface area contributed by atoms with Crippen molar-refractivity contribution in [1.82, 2.24) is 4.90 Å². The molecule has 0 saturated carbocycles. The van der Waals surface area contributed by atoms with E-state index in [1.165, 1.54) is 12.1 Å². The number of rotatable bonds is 2. The highest BCUT2D eigenvalue weighted by Crippen LogP contribution is 2.52. The molecule has 0 spiro atoms. The topological polar surface area (TPSA) is 35.8 Å². The summed E-state index contributed by atoms with van der Waals surface area (Å²) in [5, 5.41) is 13.1. The van der Waals surface area contributed by atoms with Gasteiger partial charge in [0.2, 0.25) is 0 Å². The van der Waals surface area contributed by atoms with Crippen LogP contribution in [0.1, 0.15) is 21.6 Å². The summed E-state index contributed by atoms with van der Waals surface area (Å²) in [7, 11) is 0. The Kier molecular flexibility index (Phi) is 3.86. The molecule has 1 aromatic heterocycles. The standard InChI is InChI=1S/C21H16ClFN2OS/c22-15-5-1-13(2-6-15)21(14-3-7-16(23)8-4-14)19-18(9-10-27-19)20-24-11-17(26)12-25(20)21/h1-10,17,26H,11-12H2. The molecule has 0 fully saturated rings. The van der Waals surface area contributed by atoms with Crippen LogP contribution in [-0.2, 0) is 5.54 Å². The number of aliphatic imine (C=N–C) groups is 1. The SMILES string of the molecule is OC1CN=C2c3ccsc3C(c3ccc(F)cc3)(c3ccc(Cl)cc3)N2C1. The first-order valence-corrected chi connectivity index (χ1v) is 9.97. The minimum atomic E-state index is -0.665. The number of amidine groups is 1. The van der Waals surface area contributed by atoms with Crippen LogP contribution in [0.15, 0.2) is 65.0 Å². The Labute approximate surface area is 165 Å². The quantitative estimate of drug-likeness (QED) is 0.699. The lowest BCUT2D eigenvalue weighted by Gasteiger charge is -2.43. The largest absolute Gasteiger partial charge is 0.389 e. The van der Waals surface area contributed by atoms with E-state index >= 15 is 0 Å². The number of thiophene rings is 1. The van der Waals surface area contributed by atoms with E-state index in [2.05, 4.69) is 21.3 Å². The van der Waals surface area contributed by atoms with Gasteiger partial charge >= 0.3 is 0 Å². The maximum absolute atomic E-state index is 13.7. The Balaban J connectivity index is 1.85. The van der Waals surface area contributed by atoms with Gasteiger partial charge in [0.15, 0.2) is 0 Å². The first-order chi connectivity index (χ1) is 13.1. The van der Waals surface area contributed by atoms with Gasteiger partial charge in [0, 0.05) is 17.1 Å². The summed E-state index contributed by atoms with van der Waals surface area (Å²) in [5.41, 5.74) is 2.36. The molecule has 2 atom stereocenters. The van der Waals surface area contributed by atoms with Crippen molar-refractivity contribution in [2.75, 3.05) is 13.1 Å². The number of hydrogen-bond donors (Lipinski definition) is 1. The average molecular weight is 399 g/mol. The molecule has 3 aromatic rings. The molecule has 2 unspecified atom stereocenters. The first kappa shape index (κ1) is 16.9. The summed E-state index contributed by atoms with van der Waals surface area (Å²) in [6, 6.07) is 16.4. The lowest BCUT2D eigenvalue weighted by atomic mass is 9.81. The van der Waals surface area contributed by atoms with Crippen LogP contribution < -0.4 is 0 Å². The highest BCUT2D eigenvalue weighted by Gasteiger charge is 2.53. The molecular weight excluding hydrogens is 383 g/mol. The monoisotopic (exact) mass is 398 g/mol. The predicted molar refractivity (Wildman–Crippen MR) is 106 cm³/mol. The zero-order valence-corrected chi connectivity index (χ0v) is 15.8. The van der Waals surface area contributed by atoms with Crippen molar-refractivity contribution in [3.63, 3.8) is 0 Å². The molecule has 0 saturated heterocycles. The van der Waals surface area contributed by atoms with Gasteiger partial charge in [-0.2, -0.15) is 0 Å². The van der Waals surface area contributed by atoms with Crippen molar-refractivity contribution in [3.05, 3.63) is 92.4 Å². The Hall–Kier alpha value is -2.21. The second-order valence-corrected chi connectivity index (χ2v) is 8.17. The van der Waals surface area contributed by atoms with Gasteiger partial charge in [0.25, 0.3) is 0 Å². The van der Waals surface area contributed by atoms with Crippen LogP contribution in [0.5, 0.6) is 0 Å². The molecule has 6 heteroatoms. The second-order valence-electron chi connectivity index (χ2n) is 6.82. The van der Waals surface area contributed by atoms with E-state index in [0.29, 0.717) is 18.1 Å². The Morgan fingerprint density at radius 3 is 2.44 bits per heavy atom. The summed E-state index contributed by atoms with van der Waals surface area (Å²) < 4.78 is 13.7. The van der Waals surface area contributed by atoms with Crippen LogP contribution in [0.25, 0.3) is 0 Å². The molecule has 27 heavy (non-hydrogen) atoms. The highest BCUT2D eigenvalue weighted by atomic mass is 35.5. The van der Waals surface area contributed by atoms with E-state index in [4.69, 9.17) is 11.6 Å². The van der Waals surface area contributed by atoms with Crippen molar-refractivity contribution in [1.29, 1.82) is 0 Å². The summed E-state index contributed by atoms with van der Waals surface area (Å²) in [4.78, 5) is 7.95. The fraction of sp³-hybridized carbons (Fsp3) is 0.190. The van der Waals surface area contributed by atoms with E-state index in [0.717, 1.165) is 27.4 Å². The fourth-order valence-electron chi connectivity index (χ4n) is 4.17. The van der Waals surface area contributed by atoms with Gasteiger partial charge in [-0.15, -0.1) is 11.3 Å². The molecule has 2 aliphatic heterocycles. The number of halogens is 2. The van der Waals surface area contributed by atoms with Gasteiger partial charge in [-0.1, -0.05) is 35.9 Å². The first-order valence-electron chi connectivity index (χ1n) is 8.71. The molecule has 0 bridgehead atoms. The van der Waals surface area contributed by atoms with Gasteiger partial charge in [0.05, 0.1) is 17.5 Å². The van der Waals surface area contributed by atoms with Crippen LogP contribution in [0, 0.1) is 5.82 Å². The van der Waals surface area contributed by atoms with Crippen LogP contribution in [-0.4, -0.2) is 35.0 Å². The van der Waals surface area contributed by atoms with Gasteiger partial charge in [-0.25, -0.2) is 4.39 Å². The summed E-state index contributed by atoms with van der Waals surface area (Å²) in [6.07, 6.45) is -0.546. The number of aliphatic hydroxyl groups excluding tert-OH is 1. The van der Waals surface area contributed by atoms with Crippen LogP contribution in [0.3, 0.4) is 0 Å². The van der Waals surface area contributed by atoms with E-state index in [9.17, 15) is 9.50 Å². The lowest BCUT2D eigenvalue weighted by Crippen LogP contribution is -2.51. The van der Waals surface area contributed by atoms with Crippen molar-refractivity contribution in [2.45, 2.75) is 11.6 Å². The minimum Gasteiger partial charge on any atom is -0.389 e. The molecular formula is C21H16ClFN2OS. The fourth-order valence-corrected chi connectivity index (χ4v) is 5.44. The number of hydrogen-bond acceptors (Lipinski definition) is 4. The summed E-state index contributed by atoms with van der Waals surface area (Å²) in [6.45, 7) is 0.849. The molecule has 0 radical (unpaired) electrons. The van der Waals surface area contributed by atoms with E-state index < -0.39 is 11.6 Å². The maximum atomic E-state index is 13.7. The van der Waals surface area contributed by atoms with E-state index in [-0.39, 0.29) is 5.82 Å². The van der Waals surface area contributed by atoms with E-state index in [1.807, 2.05) is 36.4 Å². The zero-order chi connectivity index (χ0) is 18.6. The second kappa shape index (κ2) is 6.16. The molecule has 2 aliphatic rings. The maximum Gasteiger partial charge on any atom is 0.133 e. The van der Waals surface area contributed by atoms with Crippen molar-refractivity contribution >= 4 is 28.8 Å². The third-order valence-electron chi connectivity index (χ3n) is 5.26. The van der Waals surface area contributed by atoms with Gasteiger partial charge < -0.3 is 10.0 Å². The Bertz CT molecular complexity index is 984. The van der Waals surface area contributed by atoms with Gasteiger partial charge in [-0.3, -0.25) is 4.99 Å². The highest BCUT2D eigenvalue weighted by molar-refractivity contribution is 7.10. The normalized spacial score (nSPS) is 23.7. The van der Waals surface area contributed by atoms with Crippen LogP contribution in [0.2, 0.25) is 5.02 Å². The smallest absolute Gasteiger partial charge is 0.133 e. The van der Waals surface area contributed by atoms with Crippen LogP contribution >= 0.6 is 22.9 Å². The van der Waals surface area contributed by atoms with Crippen molar-refractivity contribution < 1.29 is 9.50 Å².